The lowest BCUT2D eigenvalue weighted by Crippen LogP contribution is -2.25. The molecule has 3 rings (SSSR count). The van der Waals surface area contributed by atoms with Crippen LogP contribution in [0.3, 0.4) is 0 Å². The first-order valence-electron chi connectivity index (χ1n) is 9.16. The van der Waals surface area contributed by atoms with E-state index in [1.807, 2.05) is 19.4 Å². The van der Waals surface area contributed by atoms with Gasteiger partial charge in [-0.25, -0.2) is 0 Å². The number of fused-ring (bicyclic) bond motifs is 1. The van der Waals surface area contributed by atoms with Gasteiger partial charge in [0, 0.05) is 32.8 Å². The van der Waals surface area contributed by atoms with Crippen molar-refractivity contribution >= 4 is 5.91 Å². The molecule has 5 heteroatoms. The summed E-state index contributed by atoms with van der Waals surface area (Å²) >= 11 is 0. The highest BCUT2D eigenvalue weighted by Crippen LogP contribution is 2.32. The molecule has 1 aromatic carbocycles. The summed E-state index contributed by atoms with van der Waals surface area (Å²) in [6.45, 7) is 1.35. The third-order valence-corrected chi connectivity index (χ3v) is 4.68. The molecule has 134 valence electrons. The zero-order valence-corrected chi connectivity index (χ0v) is 14.9. The number of aryl methyl sites for hydroxylation is 3. The Morgan fingerprint density at radius 1 is 1.40 bits per heavy atom. The van der Waals surface area contributed by atoms with Gasteiger partial charge in [-0.2, -0.15) is 5.10 Å². The minimum absolute atomic E-state index is 0.0897. The first-order valence-corrected chi connectivity index (χ1v) is 9.16. The number of hydrogen-bond acceptors (Lipinski definition) is 3. The topological polar surface area (TPSA) is 56.2 Å². The molecule has 0 spiro atoms. The molecule has 5 nitrogen and oxygen atoms in total. The van der Waals surface area contributed by atoms with Crippen molar-refractivity contribution in [3.63, 3.8) is 0 Å². The van der Waals surface area contributed by atoms with Gasteiger partial charge in [0.15, 0.2) is 0 Å². The van der Waals surface area contributed by atoms with Crippen LogP contribution in [-0.2, 0) is 29.4 Å². The van der Waals surface area contributed by atoms with Crippen LogP contribution in [0.4, 0.5) is 0 Å². The van der Waals surface area contributed by atoms with Gasteiger partial charge in [0.05, 0.1) is 12.3 Å². The number of nitrogens with one attached hydrogen (secondary N) is 1. The maximum absolute atomic E-state index is 11.9. The van der Waals surface area contributed by atoms with Crippen molar-refractivity contribution in [2.75, 3.05) is 13.2 Å². The SMILES string of the molecule is Cn1cc(CCC(=O)NCCCO[C@H]2CCCc3ccccc32)cn1. The quantitative estimate of drug-likeness (QED) is 0.751. The van der Waals surface area contributed by atoms with Gasteiger partial charge in [0.1, 0.15) is 0 Å². The fourth-order valence-corrected chi connectivity index (χ4v) is 3.36. The summed E-state index contributed by atoms with van der Waals surface area (Å²) in [5.74, 6) is 0.0897. The van der Waals surface area contributed by atoms with Crippen LogP contribution in [-0.4, -0.2) is 28.8 Å². The number of nitrogens with zero attached hydrogens (tertiary/aromatic N) is 2. The van der Waals surface area contributed by atoms with Crippen molar-refractivity contribution in [1.82, 2.24) is 15.1 Å². The van der Waals surface area contributed by atoms with Crippen molar-refractivity contribution in [2.24, 2.45) is 7.05 Å². The number of hydrogen-bond donors (Lipinski definition) is 1. The minimum Gasteiger partial charge on any atom is -0.373 e. The third-order valence-electron chi connectivity index (χ3n) is 4.68. The Balaban J connectivity index is 1.31. The van der Waals surface area contributed by atoms with E-state index < -0.39 is 0 Å². The molecule has 1 aliphatic carbocycles. The molecule has 0 saturated heterocycles. The summed E-state index contributed by atoms with van der Waals surface area (Å²) < 4.78 is 7.82. The van der Waals surface area contributed by atoms with Crippen LogP contribution in [0.1, 0.15) is 48.5 Å². The highest BCUT2D eigenvalue weighted by Gasteiger charge is 2.19. The molecule has 1 amide bonds. The van der Waals surface area contributed by atoms with E-state index >= 15 is 0 Å². The van der Waals surface area contributed by atoms with Crippen molar-refractivity contribution in [3.8, 4) is 0 Å². The van der Waals surface area contributed by atoms with E-state index in [9.17, 15) is 4.79 Å². The maximum atomic E-state index is 11.9. The lowest BCUT2D eigenvalue weighted by Gasteiger charge is -2.25. The largest absolute Gasteiger partial charge is 0.373 e. The fraction of sp³-hybridized carbons (Fsp3) is 0.500. The third kappa shape index (κ3) is 5.16. The zero-order valence-electron chi connectivity index (χ0n) is 14.9. The minimum atomic E-state index is 0.0897. The molecule has 1 atom stereocenters. The van der Waals surface area contributed by atoms with E-state index in [-0.39, 0.29) is 12.0 Å². The average Bonchev–Trinajstić information content (AvgIpc) is 3.05. The van der Waals surface area contributed by atoms with E-state index in [4.69, 9.17) is 4.74 Å². The van der Waals surface area contributed by atoms with Gasteiger partial charge in [0.2, 0.25) is 5.91 Å². The molecule has 0 radical (unpaired) electrons. The zero-order chi connectivity index (χ0) is 17.5. The molecule has 0 unspecified atom stereocenters. The molecule has 2 aromatic rings. The fourth-order valence-electron chi connectivity index (χ4n) is 3.36. The molecule has 0 bridgehead atoms. The van der Waals surface area contributed by atoms with Gasteiger partial charge in [-0.1, -0.05) is 24.3 Å². The lowest BCUT2D eigenvalue weighted by atomic mass is 9.89. The number of rotatable bonds is 8. The Kier molecular flexibility index (Phi) is 6.23. The predicted octanol–water partition coefficient (Wildman–Crippen LogP) is 2.95. The van der Waals surface area contributed by atoms with Crippen LogP contribution >= 0.6 is 0 Å². The molecule has 1 N–H and O–H groups in total. The van der Waals surface area contributed by atoms with Gasteiger partial charge < -0.3 is 10.1 Å². The van der Waals surface area contributed by atoms with E-state index in [1.165, 1.54) is 17.5 Å². The van der Waals surface area contributed by atoms with Crippen molar-refractivity contribution in [2.45, 2.75) is 44.6 Å². The summed E-state index contributed by atoms with van der Waals surface area (Å²) in [6.07, 6.45) is 9.48. The smallest absolute Gasteiger partial charge is 0.220 e. The lowest BCUT2D eigenvalue weighted by molar-refractivity contribution is -0.121. The van der Waals surface area contributed by atoms with Crippen LogP contribution in [0.15, 0.2) is 36.7 Å². The first-order chi connectivity index (χ1) is 12.2. The van der Waals surface area contributed by atoms with Crippen molar-refractivity contribution in [3.05, 3.63) is 53.3 Å². The number of carbonyl (C=O) groups is 1. The number of carbonyl (C=O) groups excluding carboxylic acids is 1. The normalized spacial score (nSPS) is 16.4. The van der Waals surface area contributed by atoms with Crippen LogP contribution < -0.4 is 5.32 Å². The number of amides is 1. The molecule has 1 heterocycles. The molecular weight excluding hydrogens is 314 g/mol. The molecule has 0 saturated carbocycles. The molecule has 0 aliphatic heterocycles. The van der Waals surface area contributed by atoms with Gasteiger partial charge >= 0.3 is 0 Å². The van der Waals surface area contributed by atoms with Gasteiger partial charge in [-0.3, -0.25) is 9.48 Å². The summed E-state index contributed by atoms with van der Waals surface area (Å²) in [5.41, 5.74) is 3.86. The first kappa shape index (κ1) is 17.7. The molecular formula is C20H27N3O2. The van der Waals surface area contributed by atoms with Gasteiger partial charge in [-0.05, 0) is 48.8 Å². The molecule has 25 heavy (non-hydrogen) atoms. The Morgan fingerprint density at radius 2 is 2.28 bits per heavy atom. The van der Waals surface area contributed by atoms with E-state index in [0.717, 1.165) is 31.2 Å². The molecule has 0 fully saturated rings. The van der Waals surface area contributed by atoms with E-state index in [2.05, 4.69) is 34.7 Å². The van der Waals surface area contributed by atoms with Crippen LogP contribution in [0, 0.1) is 0 Å². The second-order valence-corrected chi connectivity index (χ2v) is 6.68. The predicted molar refractivity (Wildman–Crippen MR) is 97.2 cm³/mol. The Bertz CT molecular complexity index is 696. The Morgan fingerprint density at radius 3 is 3.12 bits per heavy atom. The number of aromatic nitrogens is 2. The second kappa shape index (κ2) is 8.81. The number of ether oxygens (including phenoxy) is 1. The number of benzene rings is 1. The Labute approximate surface area is 149 Å². The van der Waals surface area contributed by atoms with Crippen molar-refractivity contribution < 1.29 is 9.53 Å². The highest BCUT2D eigenvalue weighted by atomic mass is 16.5. The average molecular weight is 341 g/mol. The standard InChI is InChI=1S/C20H27N3O2/c1-23-15-16(14-22-23)10-11-20(24)21-12-5-13-25-19-9-4-7-17-6-2-3-8-18(17)19/h2-3,6,8,14-15,19H,4-5,7,9-13H2,1H3,(H,21,24)/t19-/m0/s1. The second-order valence-electron chi connectivity index (χ2n) is 6.68. The van der Waals surface area contributed by atoms with Crippen LogP contribution in [0.2, 0.25) is 0 Å². The highest BCUT2D eigenvalue weighted by molar-refractivity contribution is 5.76. The summed E-state index contributed by atoms with van der Waals surface area (Å²) in [7, 11) is 1.88. The monoisotopic (exact) mass is 341 g/mol. The van der Waals surface area contributed by atoms with Crippen LogP contribution in [0.25, 0.3) is 0 Å². The van der Waals surface area contributed by atoms with Crippen LogP contribution in [0.5, 0.6) is 0 Å². The summed E-state index contributed by atoms with van der Waals surface area (Å²) in [4.78, 5) is 11.9. The summed E-state index contributed by atoms with van der Waals surface area (Å²) in [5, 5.41) is 7.08. The van der Waals surface area contributed by atoms with Crippen molar-refractivity contribution in [1.29, 1.82) is 0 Å². The van der Waals surface area contributed by atoms with Gasteiger partial charge in [0.25, 0.3) is 0 Å². The maximum Gasteiger partial charge on any atom is 0.220 e. The van der Waals surface area contributed by atoms with Gasteiger partial charge in [-0.15, -0.1) is 0 Å². The summed E-state index contributed by atoms with van der Waals surface area (Å²) in [6, 6.07) is 8.57. The van der Waals surface area contributed by atoms with E-state index in [0.29, 0.717) is 19.6 Å². The Hall–Kier alpha value is -2.14. The molecule has 1 aromatic heterocycles. The molecule has 1 aliphatic rings. The van der Waals surface area contributed by atoms with E-state index in [1.54, 1.807) is 4.68 Å².